The van der Waals surface area contributed by atoms with E-state index in [0.717, 1.165) is 11.3 Å². The third-order valence-electron chi connectivity index (χ3n) is 3.16. The van der Waals surface area contributed by atoms with Crippen molar-refractivity contribution >= 4 is 22.9 Å². The summed E-state index contributed by atoms with van der Waals surface area (Å²) in [6, 6.07) is 11.7. The molecule has 0 aliphatic rings. The predicted octanol–water partition coefficient (Wildman–Crippen LogP) is 3.33. The molecule has 0 spiro atoms. The minimum Gasteiger partial charge on any atom is -0.340 e. The lowest BCUT2D eigenvalue weighted by Gasteiger charge is -2.21. The Hall–Kier alpha value is -2.40. The van der Waals surface area contributed by atoms with Gasteiger partial charge in [-0.1, -0.05) is 18.2 Å². The number of benzene rings is 1. The lowest BCUT2D eigenvalue weighted by atomic mass is 10.2. The van der Waals surface area contributed by atoms with Crippen LogP contribution in [0.4, 0.5) is 5.69 Å². The minimum absolute atomic E-state index is 0.0898. The molecule has 0 saturated carbocycles. The van der Waals surface area contributed by atoms with Crippen LogP contribution in [-0.2, 0) is 13.6 Å². The third-order valence-corrected chi connectivity index (χ3v) is 3.89. The van der Waals surface area contributed by atoms with Crippen LogP contribution in [0, 0.1) is 0 Å². The Kier molecular flexibility index (Phi) is 3.83. The van der Waals surface area contributed by atoms with E-state index in [4.69, 9.17) is 0 Å². The molecule has 5 heteroatoms. The molecule has 0 unspecified atom stereocenters. The number of aryl methyl sites for hydroxylation is 1. The first-order valence-corrected chi connectivity index (χ1v) is 7.54. The maximum absolute atomic E-state index is 12.7. The van der Waals surface area contributed by atoms with Crippen LogP contribution in [0.5, 0.6) is 0 Å². The largest absolute Gasteiger partial charge is 0.340 e. The molecule has 3 rings (SSSR count). The summed E-state index contributed by atoms with van der Waals surface area (Å²) in [5.74, 6) is -0.0898. The number of thiophene rings is 1. The number of imidazole rings is 1. The van der Waals surface area contributed by atoms with Crippen LogP contribution < -0.4 is 4.90 Å². The fourth-order valence-electron chi connectivity index (χ4n) is 2.12. The quantitative estimate of drug-likeness (QED) is 0.741. The molecule has 0 saturated heterocycles. The van der Waals surface area contributed by atoms with Gasteiger partial charge in [0.2, 0.25) is 0 Å². The number of hydrogen-bond acceptors (Lipinski definition) is 3. The van der Waals surface area contributed by atoms with Gasteiger partial charge in [0.05, 0.1) is 12.9 Å². The van der Waals surface area contributed by atoms with Gasteiger partial charge in [0, 0.05) is 18.9 Å². The van der Waals surface area contributed by atoms with Crippen LogP contribution in [0.3, 0.4) is 0 Å². The van der Waals surface area contributed by atoms with E-state index in [1.54, 1.807) is 33.3 Å². The molecular formula is C16H15N3OS. The van der Waals surface area contributed by atoms with Crippen LogP contribution in [-0.4, -0.2) is 15.5 Å². The van der Waals surface area contributed by atoms with Crippen LogP contribution in [0.25, 0.3) is 0 Å². The second kappa shape index (κ2) is 5.93. The Labute approximate surface area is 127 Å². The van der Waals surface area contributed by atoms with Gasteiger partial charge in [-0.15, -0.1) is 0 Å². The highest BCUT2D eigenvalue weighted by Gasteiger charge is 2.20. The van der Waals surface area contributed by atoms with Crippen LogP contribution in [0.15, 0.2) is 59.7 Å². The van der Waals surface area contributed by atoms with Gasteiger partial charge < -0.3 is 9.47 Å². The van der Waals surface area contributed by atoms with Crippen molar-refractivity contribution in [1.29, 1.82) is 0 Å². The lowest BCUT2D eigenvalue weighted by Crippen LogP contribution is -2.30. The smallest absolute Gasteiger partial charge is 0.278 e. The monoisotopic (exact) mass is 297 g/mol. The summed E-state index contributed by atoms with van der Waals surface area (Å²) in [4.78, 5) is 18.7. The molecule has 0 aliphatic carbocycles. The average molecular weight is 297 g/mol. The molecule has 0 aliphatic heterocycles. The van der Waals surface area contributed by atoms with Gasteiger partial charge >= 0.3 is 0 Å². The van der Waals surface area contributed by atoms with Crippen LogP contribution in [0.2, 0.25) is 0 Å². The van der Waals surface area contributed by atoms with Crippen molar-refractivity contribution in [1.82, 2.24) is 9.55 Å². The lowest BCUT2D eigenvalue weighted by molar-refractivity contribution is 0.0980. The number of nitrogens with zero attached hydrogens (tertiary/aromatic N) is 3. The van der Waals surface area contributed by atoms with Crippen molar-refractivity contribution in [3.05, 3.63) is 70.9 Å². The number of para-hydroxylation sites is 1. The molecule has 1 aromatic carbocycles. The molecule has 4 nitrogen and oxygen atoms in total. The number of carbonyl (C=O) groups is 1. The van der Waals surface area contributed by atoms with E-state index in [0.29, 0.717) is 12.2 Å². The summed E-state index contributed by atoms with van der Waals surface area (Å²) in [6.07, 6.45) is 3.38. The number of hydrogen-bond donors (Lipinski definition) is 0. The van der Waals surface area contributed by atoms with Crippen molar-refractivity contribution in [2.45, 2.75) is 6.54 Å². The molecular weight excluding hydrogens is 282 g/mol. The number of carbonyl (C=O) groups excluding carboxylic acids is 1. The SMILES string of the molecule is Cn1cnc(C(=O)N(Cc2ccsc2)c2ccccc2)c1. The van der Waals surface area contributed by atoms with Crippen molar-refractivity contribution in [2.24, 2.45) is 7.05 Å². The van der Waals surface area contributed by atoms with E-state index in [1.807, 2.05) is 48.8 Å². The molecule has 0 N–H and O–H groups in total. The Balaban J connectivity index is 1.94. The molecule has 2 heterocycles. The Morgan fingerprint density at radius 1 is 1.29 bits per heavy atom. The minimum atomic E-state index is -0.0898. The molecule has 0 radical (unpaired) electrons. The highest BCUT2D eigenvalue weighted by molar-refractivity contribution is 7.07. The standard InChI is InChI=1S/C16H15N3OS/c1-18-10-15(17-12-18)16(20)19(9-13-7-8-21-11-13)14-5-3-2-4-6-14/h2-8,10-12H,9H2,1H3. The number of anilines is 1. The first-order chi connectivity index (χ1) is 10.2. The summed E-state index contributed by atoms with van der Waals surface area (Å²) in [7, 11) is 1.86. The molecule has 0 atom stereocenters. The number of amides is 1. The Morgan fingerprint density at radius 3 is 2.71 bits per heavy atom. The predicted molar refractivity (Wildman–Crippen MR) is 84.5 cm³/mol. The maximum atomic E-state index is 12.7. The van der Waals surface area contributed by atoms with Crippen molar-refractivity contribution in [3.8, 4) is 0 Å². The van der Waals surface area contributed by atoms with Gasteiger partial charge in [-0.25, -0.2) is 4.98 Å². The van der Waals surface area contributed by atoms with Crippen molar-refractivity contribution in [2.75, 3.05) is 4.90 Å². The van der Waals surface area contributed by atoms with E-state index < -0.39 is 0 Å². The fourth-order valence-corrected chi connectivity index (χ4v) is 2.77. The molecule has 1 amide bonds. The van der Waals surface area contributed by atoms with Crippen LogP contribution in [0.1, 0.15) is 16.1 Å². The van der Waals surface area contributed by atoms with E-state index in [9.17, 15) is 4.79 Å². The van der Waals surface area contributed by atoms with Gasteiger partial charge in [-0.05, 0) is 34.5 Å². The van der Waals surface area contributed by atoms with Crippen LogP contribution >= 0.6 is 11.3 Å². The Bertz CT molecular complexity index is 719. The summed E-state index contributed by atoms with van der Waals surface area (Å²) >= 11 is 1.63. The third kappa shape index (κ3) is 3.03. The zero-order valence-electron chi connectivity index (χ0n) is 11.6. The van der Waals surface area contributed by atoms with E-state index in [-0.39, 0.29) is 5.91 Å². The summed E-state index contributed by atoms with van der Waals surface area (Å²) in [5.41, 5.74) is 2.45. The Morgan fingerprint density at radius 2 is 2.10 bits per heavy atom. The molecule has 0 fully saturated rings. The maximum Gasteiger partial charge on any atom is 0.278 e. The highest BCUT2D eigenvalue weighted by Crippen LogP contribution is 2.20. The average Bonchev–Trinajstić information content (AvgIpc) is 3.16. The first-order valence-electron chi connectivity index (χ1n) is 6.60. The van der Waals surface area contributed by atoms with Gasteiger partial charge in [0.1, 0.15) is 5.69 Å². The summed E-state index contributed by atoms with van der Waals surface area (Å²) < 4.78 is 1.78. The zero-order valence-corrected chi connectivity index (χ0v) is 12.5. The molecule has 3 aromatic rings. The molecule has 21 heavy (non-hydrogen) atoms. The van der Waals surface area contributed by atoms with E-state index >= 15 is 0 Å². The van der Waals surface area contributed by atoms with E-state index in [2.05, 4.69) is 10.4 Å². The number of aromatic nitrogens is 2. The molecule has 106 valence electrons. The summed E-state index contributed by atoms with van der Waals surface area (Å²) in [5, 5.41) is 4.07. The van der Waals surface area contributed by atoms with Crippen molar-refractivity contribution < 1.29 is 4.79 Å². The highest BCUT2D eigenvalue weighted by atomic mass is 32.1. The van der Waals surface area contributed by atoms with Gasteiger partial charge in [-0.2, -0.15) is 11.3 Å². The first kappa shape index (κ1) is 13.6. The molecule has 2 aromatic heterocycles. The number of rotatable bonds is 4. The molecule has 0 bridgehead atoms. The van der Waals surface area contributed by atoms with Gasteiger partial charge in [-0.3, -0.25) is 4.79 Å². The van der Waals surface area contributed by atoms with Gasteiger partial charge in [0.15, 0.2) is 0 Å². The van der Waals surface area contributed by atoms with Crippen molar-refractivity contribution in [3.63, 3.8) is 0 Å². The van der Waals surface area contributed by atoms with E-state index in [1.165, 1.54) is 0 Å². The zero-order chi connectivity index (χ0) is 14.7. The van der Waals surface area contributed by atoms with Gasteiger partial charge in [0.25, 0.3) is 5.91 Å². The topological polar surface area (TPSA) is 38.1 Å². The summed E-state index contributed by atoms with van der Waals surface area (Å²) in [6.45, 7) is 0.545. The fraction of sp³-hybridized carbons (Fsp3) is 0.125. The normalized spacial score (nSPS) is 10.5. The second-order valence-corrected chi connectivity index (χ2v) is 5.56. The second-order valence-electron chi connectivity index (χ2n) is 4.78.